The average Bonchev–Trinajstić information content (AvgIpc) is 2.26. The molecule has 0 bridgehead atoms. The molecule has 6 nitrogen and oxygen atoms in total. The smallest absolute Gasteiger partial charge is 0.306 e. The van der Waals surface area contributed by atoms with Crippen molar-refractivity contribution in [1.82, 2.24) is 10.2 Å². The highest BCUT2D eigenvalue weighted by Crippen LogP contribution is 2.32. The highest BCUT2D eigenvalue weighted by Gasteiger charge is 2.36. The largest absolute Gasteiger partial charge is 0.481 e. The van der Waals surface area contributed by atoms with Crippen molar-refractivity contribution in [2.24, 2.45) is 5.92 Å². The molecule has 3 N–H and O–H groups in total. The summed E-state index contributed by atoms with van der Waals surface area (Å²) < 4.78 is 0. The third-order valence-corrected chi connectivity index (χ3v) is 3.69. The van der Waals surface area contributed by atoms with Crippen molar-refractivity contribution in [3.8, 4) is 0 Å². The number of carbonyl (C=O) groups excluding carboxylic acids is 1. The van der Waals surface area contributed by atoms with Crippen LogP contribution in [0.5, 0.6) is 0 Å². The fourth-order valence-corrected chi connectivity index (χ4v) is 2.73. The number of carboxylic acids is 1. The van der Waals surface area contributed by atoms with Crippen molar-refractivity contribution in [2.45, 2.75) is 51.2 Å². The molecule has 116 valence electrons. The Morgan fingerprint density at radius 3 is 2.35 bits per heavy atom. The molecule has 0 aromatic carbocycles. The predicted molar refractivity (Wildman–Crippen MR) is 75.3 cm³/mol. The molecule has 1 saturated carbocycles. The highest BCUT2D eigenvalue weighted by atomic mass is 16.4. The Morgan fingerprint density at radius 2 is 1.90 bits per heavy atom. The first kappa shape index (κ1) is 16.9. The summed E-state index contributed by atoms with van der Waals surface area (Å²) in [6, 6.07) is 0.102. The molecule has 1 aliphatic carbocycles. The lowest BCUT2D eigenvalue weighted by Gasteiger charge is -2.37. The molecule has 0 saturated heterocycles. The van der Waals surface area contributed by atoms with E-state index >= 15 is 0 Å². The van der Waals surface area contributed by atoms with Crippen molar-refractivity contribution < 1.29 is 19.8 Å². The van der Waals surface area contributed by atoms with E-state index in [0.717, 1.165) is 0 Å². The average molecular weight is 286 g/mol. The second-order valence-corrected chi connectivity index (χ2v) is 6.23. The Hall–Kier alpha value is -1.14. The van der Waals surface area contributed by atoms with Crippen LogP contribution in [0.25, 0.3) is 0 Å². The Balaban J connectivity index is 2.40. The van der Waals surface area contributed by atoms with Crippen LogP contribution in [-0.2, 0) is 9.59 Å². The van der Waals surface area contributed by atoms with Crippen LogP contribution in [0.3, 0.4) is 0 Å². The van der Waals surface area contributed by atoms with Crippen LogP contribution < -0.4 is 5.32 Å². The molecule has 1 amide bonds. The first-order chi connectivity index (χ1) is 9.22. The van der Waals surface area contributed by atoms with E-state index in [1.807, 2.05) is 13.8 Å². The lowest BCUT2D eigenvalue weighted by molar-refractivity contribution is -0.145. The number of nitrogens with zero attached hydrogens (tertiary/aromatic N) is 1. The molecule has 0 aromatic heterocycles. The molecule has 1 fully saturated rings. The van der Waals surface area contributed by atoms with Gasteiger partial charge in [-0.25, -0.2) is 0 Å². The van der Waals surface area contributed by atoms with Gasteiger partial charge in [-0.1, -0.05) is 0 Å². The molecule has 0 heterocycles. The van der Waals surface area contributed by atoms with E-state index in [-0.39, 0.29) is 24.4 Å². The summed E-state index contributed by atoms with van der Waals surface area (Å²) in [4.78, 5) is 24.3. The Bertz CT molecular complexity index is 349. The lowest BCUT2D eigenvalue weighted by atomic mass is 9.78. The minimum atomic E-state index is -0.876. The van der Waals surface area contributed by atoms with Gasteiger partial charge in [-0.2, -0.15) is 0 Å². The number of aliphatic carboxylic acids is 1. The highest BCUT2D eigenvalue weighted by molar-refractivity contribution is 5.78. The summed E-state index contributed by atoms with van der Waals surface area (Å²) >= 11 is 0. The molecule has 1 aliphatic rings. The van der Waals surface area contributed by atoms with Gasteiger partial charge in [-0.15, -0.1) is 0 Å². The maximum atomic E-state index is 11.6. The summed E-state index contributed by atoms with van der Waals surface area (Å²) in [5, 5.41) is 22.2. The number of carbonyl (C=O) groups is 2. The standard InChI is InChI=1S/C14H26N2O4/c1-10(2)15-12(17)8-16(3)9-14(20)6-4-11(5-7-14)13(18)19/h10-11,20H,4-9H2,1-3H3,(H,15,17)(H,18,19). The van der Waals surface area contributed by atoms with Gasteiger partial charge in [0.15, 0.2) is 0 Å². The van der Waals surface area contributed by atoms with Crippen LogP contribution >= 0.6 is 0 Å². The predicted octanol–water partition coefficient (Wildman–Crippen LogP) is 0.449. The van der Waals surface area contributed by atoms with Crippen LogP contribution in [0.1, 0.15) is 39.5 Å². The molecule has 1 rings (SSSR count). The first-order valence-electron chi connectivity index (χ1n) is 7.15. The molecular formula is C14H26N2O4. The SMILES string of the molecule is CC(C)NC(=O)CN(C)CC1(O)CCC(C(=O)O)CC1. The lowest BCUT2D eigenvalue weighted by Crippen LogP contribution is -2.48. The molecule has 6 heteroatoms. The Labute approximate surface area is 120 Å². The van der Waals surface area contributed by atoms with Crippen molar-refractivity contribution in [3.05, 3.63) is 0 Å². The molecule has 0 radical (unpaired) electrons. The number of rotatable bonds is 6. The van der Waals surface area contributed by atoms with Gasteiger partial charge in [0.1, 0.15) is 0 Å². The molecule has 20 heavy (non-hydrogen) atoms. The third kappa shape index (κ3) is 5.46. The van der Waals surface area contributed by atoms with E-state index in [0.29, 0.717) is 32.2 Å². The summed E-state index contributed by atoms with van der Waals surface area (Å²) in [5.41, 5.74) is -0.876. The van der Waals surface area contributed by atoms with Crippen molar-refractivity contribution in [3.63, 3.8) is 0 Å². The number of aliphatic hydroxyl groups is 1. The number of likely N-dealkylation sites (N-methyl/N-ethyl adjacent to an activating group) is 1. The maximum Gasteiger partial charge on any atom is 0.306 e. The second-order valence-electron chi connectivity index (χ2n) is 6.23. The minimum absolute atomic E-state index is 0.0645. The first-order valence-corrected chi connectivity index (χ1v) is 7.15. The number of hydrogen-bond acceptors (Lipinski definition) is 4. The number of hydrogen-bond donors (Lipinski definition) is 3. The van der Waals surface area contributed by atoms with Gasteiger partial charge in [0.25, 0.3) is 0 Å². The number of nitrogens with one attached hydrogen (secondary N) is 1. The van der Waals surface area contributed by atoms with E-state index < -0.39 is 11.6 Å². The van der Waals surface area contributed by atoms with E-state index in [4.69, 9.17) is 5.11 Å². The van der Waals surface area contributed by atoms with E-state index in [1.165, 1.54) is 0 Å². The van der Waals surface area contributed by atoms with Gasteiger partial charge in [0, 0.05) is 12.6 Å². The normalized spacial score (nSPS) is 26.8. The molecule has 0 spiro atoms. The molecular weight excluding hydrogens is 260 g/mol. The van der Waals surface area contributed by atoms with Crippen molar-refractivity contribution >= 4 is 11.9 Å². The van der Waals surface area contributed by atoms with Crippen molar-refractivity contribution in [1.29, 1.82) is 0 Å². The monoisotopic (exact) mass is 286 g/mol. The second kappa shape index (κ2) is 7.04. The van der Waals surface area contributed by atoms with E-state index in [9.17, 15) is 14.7 Å². The zero-order valence-electron chi connectivity index (χ0n) is 12.6. The quantitative estimate of drug-likeness (QED) is 0.659. The summed E-state index contributed by atoms with van der Waals surface area (Å²) in [6.45, 7) is 4.44. The van der Waals surface area contributed by atoms with E-state index in [1.54, 1.807) is 11.9 Å². The van der Waals surface area contributed by atoms with Crippen LogP contribution in [0.4, 0.5) is 0 Å². The summed E-state index contributed by atoms with van der Waals surface area (Å²) in [6.07, 6.45) is 1.94. The number of carboxylic acid groups (broad SMARTS) is 1. The zero-order chi connectivity index (χ0) is 15.3. The number of amides is 1. The summed E-state index contributed by atoms with van der Waals surface area (Å²) in [5.74, 6) is -1.19. The third-order valence-electron chi connectivity index (χ3n) is 3.69. The fourth-order valence-electron chi connectivity index (χ4n) is 2.73. The van der Waals surface area contributed by atoms with Gasteiger partial charge >= 0.3 is 5.97 Å². The van der Waals surface area contributed by atoms with Gasteiger partial charge in [-0.05, 0) is 46.6 Å². The molecule has 0 aliphatic heterocycles. The van der Waals surface area contributed by atoms with Gasteiger partial charge in [0.2, 0.25) is 5.91 Å². The minimum Gasteiger partial charge on any atom is -0.481 e. The topological polar surface area (TPSA) is 89.9 Å². The van der Waals surface area contributed by atoms with Gasteiger partial charge in [-0.3, -0.25) is 14.5 Å². The van der Waals surface area contributed by atoms with Crippen LogP contribution in [0, 0.1) is 5.92 Å². The fraction of sp³-hybridized carbons (Fsp3) is 0.857. The Kier molecular flexibility index (Phi) is 5.95. The van der Waals surface area contributed by atoms with Crippen LogP contribution in [0.2, 0.25) is 0 Å². The van der Waals surface area contributed by atoms with Crippen LogP contribution in [-0.4, -0.2) is 58.8 Å². The molecule has 0 atom stereocenters. The Morgan fingerprint density at radius 1 is 1.35 bits per heavy atom. The zero-order valence-corrected chi connectivity index (χ0v) is 12.6. The molecule has 0 unspecified atom stereocenters. The van der Waals surface area contributed by atoms with Gasteiger partial charge < -0.3 is 15.5 Å². The molecule has 0 aromatic rings. The van der Waals surface area contributed by atoms with Gasteiger partial charge in [0.05, 0.1) is 18.1 Å². The van der Waals surface area contributed by atoms with E-state index in [2.05, 4.69) is 5.32 Å². The van der Waals surface area contributed by atoms with Crippen molar-refractivity contribution in [2.75, 3.05) is 20.1 Å². The summed E-state index contributed by atoms with van der Waals surface area (Å²) in [7, 11) is 1.79. The van der Waals surface area contributed by atoms with Crippen LogP contribution in [0.15, 0.2) is 0 Å². The maximum absolute atomic E-state index is 11.6.